The van der Waals surface area contributed by atoms with Gasteiger partial charge in [-0.2, -0.15) is 13.2 Å². The van der Waals surface area contributed by atoms with Crippen molar-refractivity contribution in [1.82, 2.24) is 5.32 Å². The van der Waals surface area contributed by atoms with Gasteiger partial charge in [0, 0.05) is 37.9 Å². The molecule has 0 spiro atoms. The molecule has 1 atom stereocenters. The zero-order valence-electron chi connectivity index (χ0n) is 15.8. The Kier molecular flexibility index (Phi) is 6.95. The number of nitrogens with one attached hydrogen (secondary N) is 1. The van der Waals surface area contributed by atoms with Crippen molar-refractivity contribution >= 4 is 46.0 Å². The highest BCUT2D eigenvalue weighted by atomic mass is 35.5. The lowest BCUT2D eigenvalue weighted by Crippen LogP contribution is -2.50. The summed E-state index contributed by atoms with van der Waals surface area (Å²) in [6.45, 7) is 1.71. The molecule has 30 heavy (non-hydrogen) atoms. The molecule has 0 radical (unpaired) electrons. The molecule has 0 aliphatic carbocycles. The van der Waals surface area contributed by atoms with Crippen LogP contribution in [0.5, 0.6) is 0 Å². The predicted molar refractivity (Wildman–Crippen MR) is 115 cm³/mol. The Hall–Kier alpha value is -1.83. The Morgan fingerprint density at radius 2 is 1.80 bits per heavy atom. The van der Waals surface area contributed by atoms with Crippen LogP contribution in [0.2, 0.25) is 10.0 Å². The minimum absolute atomic E-state index is 0.0538. The SMILES string of the molecule is Cc1cc(C=CC(c2cc(Cl)cc(Cl)c2)C(F)(F)F)ccc1C(=O)NC1CS(=O)C1. The highest BCUT2D eigenvalue weighted by molar-refractivity contribution is 7.86. The summed E-state index contributed by atoms with van der Waals surface area (Å²) >= 11 is 11.7. The molecule has 0 saturated carbocycles. The maximum Gasteiger partial charge on any atom is 0.399 e. The summed E-state index contributed by atoms with van der Waals surface area (Å²) in [7, 11) is -0.870. The van der Waals surface area contributed by atoms with Gasteiger partial charge in [0.05, 0.1) is 12.0 Å². The van der Waals surface area contributed by atoms with E-state index in [0.717, 1.165) is 6.08 Å². The van der Waals surface area contributed by atoms with Crippen molar-refractivity contribution in [3.05, 3.63) is 74.8 Å². The molecule has 1 aliphatic heterocycles. The van der Waals surface area contributed by atoms with E-state index in [1.54, 1.807) is 25.1 Å². The standard InChI is InChI=1S/C21H18Cl2F3NO2S/c1-12-6-13(2-4-18(12)20(28)27-17-10-30(29)11-17)3-5-19(21(24,25)26)14-7-15(22)9-16(23)8-14/h2-9,17,19H,10-11H2,1H3,(H,27,28). The van der Waals surface area contributed by atoms with E-state index in [-0.39, 0.29) is 27.6 Å². The van der Waals surface area contributed by atoms with Crippen LogP contribution in [0.15, 0.2) is 42.5 Å². The maximum atomic E-state index is 13.6. The van der Waals surface area contributed by atoms with Gasteiger partial charge in [0.1, 0.15) is 0 Å². The number of carbonyl (C=O) groups is 1. The summed E-state index contributed by atoms with van der Waals surface area (Å²) < 4.78 is 51.9. The molecule has 1 aliphatic rings. The van der Waals surface area contributed by atoms with E-state index in [2.05, 4.69) is 5.32 Å². The van der Waals surface area contributed by atoms with Gasteiger partial charge in [-0.1, -0.05) is 47.5 Å². The molecule has 0 bridgehead atoms. The van der Waals surface area contributed by atoms with Crippen LogP contribution in [0.25, 0.3) is 6.08 Å². The number of benzene rings is 2. The van der Waals surface area contributed by atoms with E-state index in [1.165, 1.54) is 24.3 Å². The zero-order chi connectivity index (χ0) is 22.1. The summed E-state index contributed by atoms with van der Waals surface area (Å²) in [6, 6.07) is 8.54. The van der Waals surface area contributed by atoms with Crippen molar-refractivity contribution in [1.29, 1.82) is 0 Å². The van der Waals surface area contributed by atoms with Crippen LogP contribution in [0.1, 0.15) is 33.0 Å². The fourth-order valence-electron chi connectivity index (χ4n) is 3.16. The normalized spacial score (nSPS) is 20.1. The van der Waals surface area contributed by atoms with Crippen molar-refractivity contribution in [2.45, 2.75) is 25.1 Å². The summed E-state index contributed by atoms with van der Waals surface area (Å²) in [4.78, 5) is 12.3. The van der Waals surface area contributed by atoms with Crippen molar-refractivity contribution < 1.29 is 22.2 Å². The maximum absolute atomic E-state index is 13.6. The topological polar surface area (TPSA) is 46.2 Å². The van der Waals surface area contributed by atoms with Crippen LogP contribution in [0.4, 0.5) is 13.2 Å². The van der Waals surface area contributed by atoms with Crippen molar-refractivity contribution in [2.24, 2.45) is 0 Å². The number of hydrogen-bond donors (Lipinski definition) is 1. The van der Waals surface area contributed by atoms with Gasteiger partial charge < -0.3 is 5.32 Å². The highest BCUT2D eigenvalue weighted by Gasteiger charge is 2.39. The van der Waals surface area contributed by atoms with Gasteiger partial charge in [-0.15, -0.1) is 0 Å². The summed E-state index contributed by atoms with van der Waals surface area (Å²) in [5.74, 6) is -1.28. The van der Waals surface area contributed by atoms with Gasteiger partial charge in [0.25, 0.3) is 5.91 Å². The third kappa shape index (κ3) is 5.65. The molecule has 2 aromatic rings. The average molecular weight is 476 g/mol. The molecule has 1 amide bonds. The first kappa shape index (κ1) is 22.8. The number of amides is 1. The summed E-state index contributed by atoms with van der Waals surface area (Å²) in [5, 5.41) is 3.05. The average Bonchev–Trinajstić information content (AvgIpc) is 2.58. The summed E-state index contributed by atoms with van der Waals surface area (Å²) in [6.07, 6.45) is -2.13. The number of allylic oxidation sites excluding steroid dienone is 1. The Labute approximate surface area is 184 Å². The third-order valence-corrected chi connectivity index (χ3v) is 6.67. The van der Waals surface area contributed by atoms with Gasteiger partial charge in [-0.05, 0) is 47.9 Å². The molecule has 1 N–H and O–H groups in total. The minimum Gasteiger partial charge on any atom is -0.347 e. The second-order valence-electron chi connectivity index (χ2n) is 7.10. The van der Waals surface area contributed by atoms with Crippen LogP contribution < -0.4 is 5.32 Å². The number of carbonyl (C=O) groups excluding carboxylic acids is 1. The van der Waals surface area contributed by atoms with Crippen molar-refractivity contribution in [3.8, 4) is 0 Å². The van der Waals surface area contributed by atoms with Crippen molar-refractivity contribution in [2.75, 3.05) is 11.5 Å². The van der Waals surface area contributed by atoms with Gasteiger partial charge >= 0.3 is 6.18 Å². The molecule has 1 fully saturated rings. The van der Waals surface area contributed by atoms with E-state index in [4.69, 9.17) is 23.2 Å². The molecule has 1 saturated heterocycles. The largest absolute Gasteiger partial charge is 0.399 e. The smallest absolute Gasteiger partial charge is 0.347 e. The fraction of sp³-hybridized carbons (Fsp3) is 0.286. The Balaban J connectivity index is 1.80. The van der Waals surface area contributed by atoms with Crippen LogP contribution in [-0.4, -0.2) is 33.8 Å². The second kappa shape index (κ2) is 9.12. The first-order valence-corrected chi connectivity index (χ1v) is 11.2. The van der Waals surface area contributed by atoms with Gasteiger partial charge in [-0.25, -0.2) is 0 Å². The predicted octanol–water partition coefficient (Wildman–Crippen LogP) is 5.52. The van der Waals surface area contributed by atoms with Gasteiger partial charge in [0.15, 0.2) is 0 Å². The Bertz CT molecular complexity index is 996. The van der Waals surface area contributed by atoms with Gasteiger partial charge in [0.2, 0.25) is 0 Å². The first-order valence-electron chi connectivity index (χ1n) is 9.00. The molecule has 2 aromatic carbocycles. The van der Waals surface area contributed by atoms with Crippen LogP contribution in [-0.2, 0) is 10.8 Å². The van der Waals surface area contributed by atoms with Crippen LogP contribution >= 0.6 is 23.2 Å². The number of halogens is 5. The quantitative estimate of drug-likeness (QED) is 0.618. The Morgan fingerprint density at radius 3 is 2.33 bits per heavy atom. The van der Waals surface area contributed by atoms with Gasteiger partial charge in [-0.3, -0.25) is 9.00 Å². The van der Waals surface area contributed by atoms with Crippen LogP contribution in [0, 0.1) is 6.92 Å². The first-order chi connectivity index (χ1) is 14.0. The monoisotopic (exact) mass is 475 g/mol. The Morgan fingerprint density at radius 1 is 1.17 bits per heavy atom. The molecule has 3 nitrogen and oxygen atoms in total. The number of alkyl halides is 3. The van der Waals surface area contributed by atoms with Crippen molar-refractivity contribution in [3.63, 3.8) is 0 Å². The zero-order valence-corrected chi connectivity index (χ0v) is 18.1. The number of rotatable bonds is 5. The molecule has 3 rings (SSSR count). The van der Waals surface area contributed by atoms with E-state index >= 15 is 0 Å². The highest BCUT2D eigenvalue weighted by Crippen LogP contribution is 2.38. The third-order valence-electron chi connectivity index (χ3n) is 4.68. The van der Waals surface area contributed by atoms with E-state index < -0.39 is 22.9 Å². The minimum atomic E-state index is -4.53. The molecular formula is C21H18Cl2F3NO2S. The molecule has 9 heteroatoms. The second-order valence-corrected chi connectivity index (χ2v) is 9.52. The van der Waals surface area contributed by atoms with E-state index in [9.17, 15) is 22.2 Å². The van der Waals surface area contributed by atoms with Crippen LogP contribution in [0.3, 0.4) is 0 Å². The number of aryl methyl sites for hydroxylation is 1. The molecular weight excluding hydrogens is 458 g/mol. The fourth-order valence-corrected chi connectivity index (χ4v) is 4.67. The van der Waals surface area contributed by atoms with E-state index in [1.807, 2.05) is 0 Å². The lowest BCUT2D eigenvalue weighted by atomic mass is 9.96. The lowest BCUT2D eigenvalue weighted by Gasteiger charge is -2.26. The number of hydrogen-bond acceptors (Lipinski definition) is 2. The molecule has 0 aromatic heterocycles. The molecule has 1 unspecified atom stereocenters. The molecule has 1 heterocycles. The molecule has 160 valence electrons. The summed E-state index contributed by atoms with van der Waals surface area (Å²) in [5.41, 5.74) is 1.53. The lowest BCUT2D eigenvalue weighted by molar-refractivity contribution is -0.139. The van der Waals surface area contributed by atoms with E-state index in [0.29, 0.717) is 28.2 Å².